The first kappa shape index (κ1) is 20.3. The Morgan fingerprint density at radius 2 is 1.72 bits per heavy atom. The molecule has 1 atom stereocenters. The van der Waals surface area contributed by atoms with Crippen LogP contribution in [0.25, 0.3) is 0 Å². The quantitative estimate of drug-likeness (QED) is 0.533. The zero-order chi connectivity index (χ0) is 18.9. The smallest absolute Gasteiger partial charge is 0.409 e. The number of carbonyl (C=O) groups excluding carboxylic acids is 3. The topological polar surface area (TPSA) is 106 Å². The molecular weight excluding hydrogens is 326 g/mol. The van der Waals surface area contributed by atoms with E-state index in [1.54, 1.807) is 20.8 Å². The van der Waals surface area contributed by atoms with Gasteiger partial charge in [0.2, 0.25) is 0 Å². The molecule has 1 aromatic rings. The average molecular weight is 351 g/mol. The van der Waals surface area contributed by atoms with E-state index in [1.807, 2.05) is 30.3 Å². The van der Waals surface area contributed by atoms with Crippen LogP contribution >= 0.6 is 0 Å². The number of benzene rings is 1. The van der Waals surface area contributed by atoms with Crippen molar-refractivity contribution in [2.45, 2.75) is 38.8 Å². The monoisotopic (exact) mass is 351 g/mol. The van der Waals surface area contributed by atoms with Gasteiger partial charge in [-0.25, -0.2) is 14.4 Å². The Kier molecular flexibility index (Phi) is 7.71. The van der Waals surface area contributed by atoms with Gasteiger partial charge in [-0.05, 0) is 26.3 Å². The molecule has 1 rings (SSSR count). The van der Waals surface area contributed by atoms with Crippen molar-refractivity contribution in [3.63, 3.8) is 0 Å². The number of hydrogen-bond acceptors (Lipinski definition) is 5. The van der Waals surface area contributed by atoms with Crippen LogP contribution < -0.4 is 16.0 Å². The number of methoxy groups -OCH3 is 1. The van der Waals surface area contributed by atoms with Crippen LogP contribution in [0.5, 0.6) is 0 Å². The van der Waals surface area contributed by atoms with Crippen LogP contribution in [0.1, 0.15) is 26.3 Å². The number of urea groups is 1. The minimum atomic E-state index is -0.839. The van der Waals surface area contributed by atoms with Crippen LogP contribution in [0.15, 0.2) is 30.3 Å². The van der Waals surface area contributed by atoms with Gasteiger partial charge in [0.15, 0.2) is 0 Å². The molecule has 8 heteroatoms. The highest BCUT2D eigenvalue weighted by atomic mass is 16.6. The molecule has 25 heavy (non-hydrogen) atoms. The third-order valence-corrected chi connectivity index (χ3v) is 2.95. The summed E-state index contributed by atoms with van der Waals surface area (Å²) in [6, 6.07) is 7.79. The van der Waals surface area contributed by atoms with Crippen molar-refractivity contribution in [1.82, 2.24) is 16.0 Å². The Balaban J connectivity index is 2.47. The first-order valence-corrected chi connectivity index (χ1v) is 7.84. The van der Waals surface area contributed by atoms with Crippen LogP contribution in [0.4, 0.5) is 9.59 Å². The highest BCUT2D eigenvalue weighted by molar-refractivity contribution is 5.83. The number of ether oxygens (including phenoxy) is 2. The van der Waals surface area contributed by atoms with E-state index in [0.29, 0.717) is 6.42 Å². The summed E-state index contributed by atoms with van der Waals surface area (Å²) in [4.78, 5) is 35.2. The fraction of sp³-hybridized carbons (Fsp3) is 0.471. The van der Waals surface area contributed by atoms with E-state index >= 15 is 0 Å². The zero-order valence-electron chi connectivity index (χ0n) is 14.9. The van der Waals surface area contributed by atoms with Gasteiger partial charge in [-0.15, -0.1) is 0 Å². The number of amides is 3. The second-order valence-electron chi connectivity index (χ2n) is 6.27. The van der Waals surface area contributed by atoms with Gasteiger partial charge in [0.1, 0.15) is 11.6 Å². The number of nitrogens with one attached hydrogen (secondary N) is 3. The molecule has 0 saturated heterocycles. The first-order chi connectivity index (χ1) is 11.7. The van der Waals surface area contributed by atoms with E-state index in [1.165, 1.54) is 7.11 Å². The van der Waals surface area contributed by atoms with Crippen molar-refractivity contribution in [1.29, 1.82) is 0 Å². The largest absolute Gasteiger partial charge is 0.467 e. The lowest BCUT2D eigenvalue weighted by atomic mass is 10.1. The number of rotatable bonds is 6. The maximum atomic E-state index is 11.9. The van der Waals surface area contributed by atoms with Gasteiger partial charge < -0.3 is 25.4 Å². The predicted molar refractivity (Wildman–Crippen MR) is 91.9 cm³/mol. The van der Waals surface area contributed by atoms with Crippen LogP contribution in [0.2, 0.25) is 0 Å². The molecule has 138 valence electrons. The maximum Gasteiger partial charge on any atom is 0.409 e. The van der Waals surface area contributed by atoms with E-state index in [2.05, 4.69) is 16.0 Å². The lowest BCUT2D eigenvalue weighted by Crippen LogP contribution is -2.50. The number of alkyl carbamates (subject to hydrolysis) is 1. The molecule has 0 aromatic heterocycles. The Bertz CT molecular complexity index is 584. The van der Waals surface area contributed by atoms with Crippen molar-refractivity contribution in [2.75, 3.05) is 13.8 Å². The Hall–Kier alpha value is -2.77. The maximum absolute atomic E-state index is 11.9. The molecule has 0 unspecified atom stereocenters. The van der Waals surface area contributed by atoms with Crippen molar-refractivity contribution >= 4 is 18.1 Å². The van der Waals surface area contributed by atoms with Gasteiger partial charge in [0.25, 0.3) is 0 Å². The molecule has 1 aromatic carbocycles. The lowest BCUT2D eigenvalue weighted by molar-refractivity contribution is -0.142. The van der Waals surface area contributed by atoms with Crippen LogP contribution in [-0.4, -0.2) is 43.5 Å². The minimum absolute atomic E-state index is 0.139. The van der Waals surface area contributed by atoms with Crippen molar-refractivity contribution < 1.29 is 23.9 Å². The Morgan fingerprint density at radius 3 is 2.28 bits per heavy atom. The van der Waals surface area contributed by atoms with E-state index < -0.39 is 29.7 Å². The van der Waals surface area contributed by atoms with Gasteiger partial charge in [-0.2, -0.15) is 0 Å². The Morgan fingerprint density at radius 1 is 1.08 bits per heavy atom. The molecule has 3 amide bonds. The van der Waals surface area contributed by atoms with Crippen LogP contribution in [0.3, 0.4) is 0 Å². The molecule has 0 bridgehead atoms. The summed E-state index contributed by atoms with van der Waals surface area (Å²) in [6.45, 7) is 5.06. The molecule has 0 aliphatic heterocycles. The summed E-state index contributed by atoms with van der Waals surface area (Å²) in [7, 11) is 1.25. The molecule has 0 aliphatic carbocycles. The van der Waals surface area contributed by atoms with Gasteiger partial charge in [0.05, 0.1) is 13.8 Å². The lowest BCUT2D eigenvalue weighted by Gasteiger charge is -2.20. The summed E-state index contributed by atoms with van der Waals surface area (Å²) in [5, 5.41) is 7.33. The number of carbonyl (C=O) groups is 3. The summed E-state index contributed by atoms with van der Waals surface area (Å²) in [5.74, 6) is -0.556. The summed E-state index contributed by atoms with van der Waals surface area (Å²) in [5.41, 5.74) is 0.253. The van der Waals surface area contributed by atoms with E-state index in [-0.39, 0.29) is 6.67 Å². The zero-order valence-corrected chi connectivity index (χ0v) is 14.9. The highest BCUT2D eigenvalue weighted by Gasteiger charge is 2.22. The van der Waals surface area contributed by atoms with Gasteiger partial charge in [0, 0.05) is 6.42 Å². The van der Waals surface area contributed by atoms with E-state index in [9.17, 15) is 14.4 Å². The fourth-order valence-corrected chi connectivity index (χ4v) is 1.91. The van der Waals surface area contributed by atoms with Crippen molar-refractivity contribution in [3.8, 4) is 0 Å². The van der Waals surface area contributed by atoms with Gasteiger partial charge in [-0.1, -0.05) is 30.3 Å². The molecule has 0 spiro atoms. The number of hydrogen-bond donors (Lipinski definition) is 3. The molecule has 0 saturated carbocycles. The van der Waals surface area contributed by atoms with Crippen molar-refractivity contribution in [3.05, 3.63) is 35.9 Å². The molecule has 0 aliphatic rings. The van der Waals surface area contributed by atoms with Gasteiger partial charge in [-0.3, -0.25) is 0 Å². The van der Waals surface area contributed by atoms with Crippen LogP contribution in [0, 0.1) is 0 Å². The van der Waals surface area contributed by atoms with Crippen LogP contribution in [-0.2, 0) is 20.7 Å². The third kappa shape index (κ3) is 8.59. The normalized spacial score (nSPS) is 11.8. The summed E-state index contributed by atoms with van der Waals surface area (Å²) in [6.07, 6.45) is -0.359. The average Bonchev–Trinajstić information content (AvgIpc) is 2.52. The van der Waals surface area contributed by atoms with Crippen molar-refractivity contribution in [2.24, 2.45) is 0 Å². The predicted octanol–water partition coefficient (Wildman–Crippen LogP) is 1.55. The minimum Gasteiger partial charge on any atom is -0.467 e. The fourth-order valence-electron chi connectivity index (χ4n) is 1.91. The molecule has 0 radical (unpaired) electrons. The second kappa shape index (κ2) is 9.51. The molecule has 0 heterocycles. The number of esters is 1. The first-order valence-electron chi connectivity index (χ1n) is 7.84. The van der Waals surface area contributed by atoms with Gasteiger partial charge >= 0.3 is 18.1 Å². The molecule has 8 nitrogen and oxygen atoms in total. The standard InChI is InChI=1S/C17H25N3O5/c1-17(2,3)25-16(23)19-11-18-15(22)20-13(14(21)24-4)10-12-8-6-5-7-9-12/h5-9,13H,10-11H2,1-4H3,(H,19,23)(H2,18,20,22)/t13-/m0/s1. The summed E-state index contributed by atoms with van der Waals surface area (Å²) < 4.78 is 9.75. The van der Waals surface area contributed by atoms with E-state index in [4.69, 9.17) is 9.47 Å². The Labute approximate surface area is 147 Å². The molecule has 0 fully saturated rings. The second-order valence-corrected chi connectivity index (χ2v) is 6.27. The summed E-state index contributed by atoms with van der Waals surface area (Å²) >= 11 is 0. The highest BCUT2D eigenvalue weighted by Crippen LogP contribution is 2.06. The SMILES string of the molecule is COC(=O)[C@H](Cc1ccccc1)NC(=O)NCNC(=O)OC(C)(C)C. The van der Waals surface area contributed by atoms with E-state index in [0.717, 1.165) is 5.56 Å². The third-order valence-electron chi connectivity index (χ3n) is 2.95. The molecular formula is C17H25N3O5. The molecule has 3 N–H and O–H groups in total.